The molecule has 0 radical (unpaired) electrons. The Labute approximate surface area is 447 Å². The lowest BCUT2D eigenvalue weighted by molar-refractivity contribution is -0.141. The average molecular weight is 1070 g/mol. The van der Waals surface area contributed by atoms with Crippen LogP contribution < -0.4 is 30.3 Å². The van der Waals surface area contributed by atoms with Gasteiger partial charge in [-0.2, -0.15) is 33.5 Å². The van der Waals surface area contributed by atoms with Crippen LogP contribution in [0.15, 0.2) is 91.5 Å². The number of primary amides is 1. The van der Waals surface area contributed by atoms with Crippen LogP contribution in [0.5, 0.6) is 11.8 Å². The van der Waals surface area contributed by atoms with Gasteiger partial charge in [-0.25, -0.2) is 4.68 Å². The van der Waals surface area contributed by atoms with Crippen LogP contribution in [0.3, 0.4) is 0 Å². The number of hydrogen-bond acceptors (Lipinski definition) is 13. The number of ether oxygens (including phenoxy) is 2. The first-order chi connectivity index (χ1) is 36.9. The van der Waals surface area contributed by atoms with Crippen molar-refractivity contribution in [1.82, 2.24) is 29.5 Å². The Hall–Kier alpha value is -8.18. The Morgan fingerprint density at radius 2 is 1.75 bits per heavy atom. The number of nitrogens with zero attached hydrogens (tertiary/aromatic N) is 9. The van der Waals surface area contributed by atoms with E-state index in [1.807, 2.05) is 44.2 Å². The number of nitriles is 1. The summed E-state index contributed by atoms with van der Waals surface area (Å²) in [6.45, 7) is 10.6. The van der Waals surface area contributed by atoms with Crippen molar-refractivity contribution in [2.24, 2.45) is 17.1 Å². The maximum atomic E-state index is 14.2. The third-order valence-electron chi connectivity index (χ3n) is 14.7. The number of halogens is 4. The van der Waals surface area contributed by atoms with Crippen molar-refractivity contribution in [2.45, 2.75) is 64.7 Å². The van der Waals surface area contributed by atoms with Crippen molar-refractivity contribution >= 4 is 68.8 Å². The van der Waals surface area contributed by atoms with Crippen molar-refractivity contribution in [1.29, 1.82) is 5.26 Å². The Kier molecular flexibility index (Phi) is 14.3. The average Bonchev–Trinajstić information content (AvgIpc) is 4.10. The van der Waals surface area contributed by atoms with Crippen LogP contribution in [0.2, 0.25) is 5.02 Å². The molecule has 3 aliphatic heterocycles. The minimum atomic E-state index is -4.87. The maximum absolute atomic E-state index is 14.2. The van der Waals surface area contributed by atoms with Gasteiger partial charge in [0.05, 0.1) is 70.6 Å². The zero-order chi connectivity index (χ0) is 54.3. The highest BCUT2D eigenvalue weighted by atomic mass is 35.5. The monoisotopic (exact) mass is 1070 g/mol. The molecule has 2 atom stereocenters. The molecule has 10 rings (SSSR count). The standard InChI is InChI=1S/C56H55ClF3N11O6/c1-4-47(73)70-24-23-69(29-37(70)17-20-61)53-40-19-22-67(44-10-6-8-34-7-5-9-41(57)49(34)44)30-43(40)64-54(65-53)77-31-33-18-21-68(28-33)48(74)32-76-38-14-11-35(12-15-38)63-42-25-36(13-16-39(42)52(62)75)71-45-26-55(2,3)27-46(72)50(45)51(66-71)56(58,59)60/h4-16,25,33,37,63H,1,17-19,21-24,26-32H2,2-3H3,(H2,62,75)/t33-,37+/m1/s1. The molecular formula is C56H55ClF3N11O6. The summed E-state index contributed by atoms with van der Waals surface area (Å²) in [7, 11) is 0. The van der Waals surface area contributed by atoms with E-state index in [9.17, 15) is 37.6 Å². The first-order valence-corrected chi connectivity index (χ1v) is 25.7. The molecule has 2 aromatic heterocycles. The number of hydrogen-bond donors (Lipinski definition) is 2. The molecular weight excluding hydrogens is 1020 g/mol. The molecule has 2 saturated heterocycles. The molecule has 0 unspecified atom stereocenters. The summed E-state index contributed by atoms with van der Waals surface area (Å²) < 4.78 is 56.0. The lowest BCUT2D eigenvalue weighted by Gasteiger charge is -2.42. The van der Waals surface area contributed by atoms with E-state index in [0.717, 1.165) is 32.4 Å². The molecule has 3 amide bonds. The van der Waals surface area contributed by atoms with Crippen LogP contribution in [0.1, 0.15) is 76.5 Å². The Morgan fingerprint density at radius 1 is 0.974 bits per heavy atom. The quantitative estimate of drug-likeness (QED) is 0.0984. The third-order valence-corrected chi connectivity index (χ3v) is 15.0. The number of aromatic nitrogens is 4. The van der Waals surface area contributed by atoms with Gasteiger partial charge in [0.2, 0.25) is 5.91 Å². The van der Waals surface area contributed by atoms with Crippen molar-refractivity contribution < 1.29 is 41.8 Å². The van der Waals surface area contributed by atoms with Gasteiger partial charge in [-0.3, -0.25) is 19.2 Å². The molecule has 77 heavy (non-hydrogen) atoms. The predicted molar refractivity (Wildman–Crippen MR) is 283 cm³/mol. The lowest BCUT2D eigenvalue weighted by Crippen LogP contribution is -2.55. The normalized spacial score (nSPS) is 18.1. The smallest absolute Gasteiger partial charge is 0.435 e. The molecule has 398 valence electrons. The molecule has 17 nitrogen and oxygen atoms in total. The van der Waals surface area contributed by atoms with Crippen molar-refractivity contribution in [2.75, 3.05) is 67.6 Å². The van der Waals surface area contributed by atoms with Gasteiger partial charge in [-0.15, -0.1) is 0 Å². The fourth-order valence-electron chi connectivity index (χ4n) is 11.0. The minimum absolute atomic E-state index is 0.0290. The van der Waals surface area contributed by atoms with Crippen LogP contribution in [-0.4, -0.2) is 112 Å². The summed E-state index contributed by atoms with van der Waals surface area (Å²) in [5, 5.41) is 19.4. The largest absolute Gasteiger partial charge is 0.484 e. The highest BCUT2D eigenvalue weighted by molar-refractivity contribution is 6.36. The van der Waals surface area contributed by atoms with Gasteiger partial charge in [0.25, 0.3) is 11.8 Å². The van der Waals surface area contributed by atoms with Crippen molar-refractivity contribution in [3.05, 3.63) is 130 Å². The number of rotatable bonds is 14. The second-order valence-electron chi connectivity index (χ2n) is 20.6. The molecule has 5 heterocycles. The van der Waals surface area contributed by atoms with Crippen LogP contribution in [0.4, 0.5) is 36.1 Å². The van der Waals surface area contributed by atoms with Gasteiger partial charge in [0.1, 0.15) is 11.6 Å². The highest BCUT2D eigenvalue weighted by Gasteiger charge is 2.46. The maximum Gasteiger partial charge on any atom is 0.435 e. The van der Waals surface area contributed by atoms with E-state index in [1.165, 1.54) is 24.3 Å². The number of likely N-dealkylation sites (tertiary alicyclic amines) is 1. The number of amides is 3. The topological polar surface area (TPSA) is 205 Å². The number of benzene rings is 4. The number of nitrogens with one attached hydrogen (secondary N) is 1. The number of Topliss-reactive ketones (excluding diaryl/α,β-unsaturated/α-hetero) is 1. The summed E-state index contributed by atoms with van der Waals surface area (Å²) >= 11 is 6.77. The summed E-state index contributed by atoms with van der Waals surface area (Å²) in [6.07, 6.45) is -2.03. The minimum Gasteiger partial charge on any atom is -0.484 e. The van der Waals surface area contributed by atoms with Gasteiger partial charge < -0.3 is 40.1 Å². The number of fused-ring (bicyclic) bond motifs is 3. The first kappa shape index (κ1) is 52.3. The van der Waals surface area contributed by atoms with Gasteiger partial charge >= 0.3 is 12.2 Å². The summed E-state index contributed by atoms with van der Waals surface area (Å²) in [4.78, 5) is 69.6. The van der Waals surface area contributed by atoms with Gasteiger partial charge in [0, 0.05) is 73.9 Å². The Morgan fingerprint density at radius 3 is 2.49 bits per heavy atom. The summed E-state index contributed by atoms with van der Waals surface area (Å²) in [5.41, 5.74) is 7.25. The first-order valence-electron chi connectivity index (χ1n) is 25.3. The van der Waals surface area contributed by atoms with Crippen LogP contribution in [0, 0.1) is 22.7 Å². The second kappa shape index (κ2) is 21.1. The van der Waals surface area contributed by atoms with Crippen molar-refractivity contribution in [3.8, 4) is 23.5 Å². The Balaban J connectivity index is 0.795. The zero-order valence-electron chi connectivity index (χ0n) is 42.4. The third kappa shape index (κ3) is 10.8. The van der Waals surface area contributed by atoms with E-state index in [4.69, 9.17) is 36.8 Å². The molecule has 6 aromatic rings. The molecule has 0 spiro atoms. The molecule has 21 heteroatoms. The fraction of sp³-hybridized carbons (Fsp3) is 0.357. The molecule has 0 bridgehead atoms. The number of anilines is 4. The summed E-state index contributed by atoms with van der Waals surface area (Å²) in [5.74, 6) is -0.793. The number of carbonyl (C=O) groups is 4. The van der Waals surface area contributed by atoms with E-state index in [1.54, 1.807) is 34.1 Å². The van der Waals surface area contributed by atoms with E-state index in [-0.39, 0.29) is 84.9 Å². The lowest BCUT2D eigenvalue weighted by atomic mass is 9.75. The van der Waals surface area contributed by atoms with Crippen LogP contribution in [-0.2, 0) is 35.2 Å². The van der Waals surface area contributed by atoms with Crippen LogP contribution in [0.25, 0.3) is 16.5 Å². The molecule has 1 aliphatic carbocycles. The van der Waals surface area contributed by atoms with Crippen molar-refractivity contribution in [3.63, 3.8) is 0 Å². The number of piperazine rings is 1. The van der Waals surface area contributed by atoms with Crippen LogP contribution >= 0.6 is 11.6 Å². The highest BCUT2D eigenvalue weighted by Crippen LogP contribution is 2.43. The van der Waals surface area contributed by atoms with E-state index >= 15 is 0 Å². The SMILES string of the molecule is C=CC(=O)N1CCN(c2nc(OC[C@@H]3CCN(C(=O)COc4ccc(Nc5cc(-n6nc(C(F)(F)F)c7c6CC(C)(C)CC7=O)ccc5C(N)=O)cc4)C3)nc3c2CCN(c2cccc4cccc(Cl)c24)C3)C[C@@H]1CC#N. The summed E-state index contributed by atoms with van der Waals surface area (Å²) in [6, 6.07) is 24.9. The molecule has 4 aliphatic rings. The van der Waals surface area contributed by atoms with Gasteiger partial charge in [0.15, 0.2) is 18.1 Å². The zero-order valence-corrected chi connectivity index (χ0v) is 43.2. The molecule has 4 aromatic carbocycles. The Bertz CT molecular complexity index is 3370. The molecule has 3 N–H and O–H groups in total. The second-order valence-corrected chi connectivity index (χ2v) is 21.0. The van der Waals surface area contributed by atoms with E-state index < -0.39 is 34.5 Å². The number of carbonyl (C=O) groups excluding carboxylic acids is 4. The number of alkyl halides is 3. The van der Waals surface area contributed by atoms with E-state index in [2.05, 4.69) is 38.9 Å². The fourth-order valence-corrected chi connectivity index (χ4v) is 11.2. The number of ketones is 1. The van der Waals surface area contributed by atoms with E-state index in [0.29, 0.717) is 80.9 Å². The van der Waals surface area contributed by atoms with Gasteiger partial charge in [-0.05, 0) is 90.7 Å². The number of nitrogens with two attached hydrogens (primary N) is 1. The van der Waals surface area contributed by atoms with Gasteiger partial charge in [-0.1, -0.05) is 56.3 Å². The molecule has 0 saturated carbocycles. The predicted octanol–water partition coefficient (Wildman–Crippen LogP) is 8.47. The molecule has 2 fully saturated rings.